The molecule has 1 aromatic rings. The summed E-state index contributed by atoms with van der Waals surface area (Å²) in [7, 11) is 2.34. The molecule has 0 heterocycles. The maximum atomic E-state index is 11.3. The minimum Gasteiger partial charge on any atom is -0.464 e. The molecule has 1 aromatic carbocycles. The number of carbonyl (C=O) groups excluding carboxylic acids is 2. The number of carbonyl (C=O) groups is 2. The molecule has 0 fully saturated rings. The second-order valence-corrected chi connectivity index (χ2v) is 2.78. The summed E-state index contributed by atoms with van der Waals surface area (Å²) in [6.45, 7) is 0. The molecule has 0 amide bonds. The molecule has 0 aliphatic carbocycles. The Morgan fingerprint density at radius 2 is 1.50 bits per heavy atom. The zero-order valence-corrected chi connectivity index (χ0v) is 8.97. The average Bonchev–Trinajstić information content (AvgIpc) is 2.35. The van der Waals surface area contributed by atoms with Gasteiger partial charge in [0, 0.05) is 0 Å². The van der Waals surface area contributed by atoms with Crippen LogP contribution in [0.3, 0.4) is 0 Å². The molecule has 1 rings (SSSR count). The molecular formula is C11H11NO4. The fourth-order valence-corrected chi connectivity index (χ4v) is 1.000. The summed E-state index contributed by atoms with van der Waals surface area (Å²) in [6, 6.07) is 8.60. The Morgan fingerprint density at radius 1 is 1.00 bits per heavy atom. The molecule has 0 saturated heterocycles. The molecule has 0 aliphatic heterocycles. The number of hydrogen-bond acceptors (Lipinski definition) is 5. The zero-order valence-electron chi connectivity index (χ0n) is 8.97. The van der Waals surface area contributed by atoms with E-state index in [0.29, 0.717) is 5.69 Å². The summed E-state index contributed by atoms with van der Waals surface area (Å²) in [5, 5.41) is 0. The highest BCUT2D eigenvalue weighted by Gasteiger charge is 2.21. The molecule has 0 saturated carbocycles. The van der Waals surface area contributed by atoms with E-state index in [4.69, 9.17) is 0 Å². The molecule has 5 nitrogen and oxygen atoms in total. The number of ether oxygens (including phenoxy) is 2. The molecule has 0 radical (unpaired) electrons. The molecule has 0 atom stereocenters. The van der Waals surface area contributed by atoms with Crippen molar-refractivity contribution in [1.82, 2.24) is 0 Å². The Kier molecular flexibility index (Phi) is 4.20. The smallest absolute Gasteiger partial charge is 0.364 e. The number of benzene rings is 1. The van der Waals surface area contributed by atoms with E-state index in [0.717, 1.165) is 0 Å². The molecule has 84 valence electrons. The van der Waals surface area contributed by atoms with Gasteiger partial charge >= 0.3 is 11.9 Å². The van der Waals surface area contributed by atoms with Crippen LogP contribution < -0.4 is 0 Å². The molecule has 0 aliphatic rings. The molecular weight excluding hydrogens is 210 g/mol. The van der Waals surface area contributed by atoms with Crippen LogP contribution in [0.1, 0.15) is 0 Å². The van der Waals surface area contributed by atoms with Crippen molar-refractivity contribution in [1.29, 1.82) is 0 Å². The van der Waals surface area contributed by atoms with E-state index in [2.05, 4.69) is 14.5 Å². The van der Waals surface area contributed by atoms with Gasteiger partial charge in [-0.15, -0.1) is 0 Å². The summed E-state index contributed by atoms with van der Waals surface area (Å²) in [5.41, 5.74) is 0.101. The number of rotatable bonds is 3. The van der Waals surface area contributed by atoms with E-state index >= 15 is 0 Å². The molecule has 5 heteroatoms. The monoisotopic (exact) mass is 221 g/mol. The first-order valence-corrected chi connectivity index (χ1v) is 4.49. The predicted molar refractivity (Wildman–Crippen MR) is 57.6 cm³/mol. The maximum absolute atomic E-state index is 11.3. The van der Waals surface area contributed by atoms with Gasteiger partial charge in [0.15, 0.2) is 0 Å². The molecule has 0 N–H and O–H groups in total. The summed E-state index contributed by atoms with van der Waals surface area (Å²) in [5.74, 6) is -1.65. The largest absolute Gasteiger partial charge is 0.464 e. The van der Waals surface area contributed by atoms with Crippen LogP contribution in [0.15, 0.2) is 35.3 Å². The number of methoxy groups -OCH3 is 2. The SMILES string of the molecule is COC(=O)C(=Nc1ccccc1)C(=O)OC. The van der Waals surface area contributed by atoms with Gasteiger partial charge in [-0.3, -0.25) is 0 Å². The number of para-hydroxylation sites is 1. The Balaban J connectivity index is 3.06. The van der Waals surface area contributed by atoms with Gasteiger partial charge < -0.3 is 9.47 Å². The van der Waals surface area contributed by atoms with Crippen molar-refractivity contribution >= 4 is 23.3 Å². The maximum Gasteiger partial charge on any atom is 0.364 e. The second-order valence-electron chi connectivity index (χ2n) is 2.78. The van der Waals surface area contributed by atoms with Crippen molar-refractivity contribution in [3.63, 3.8) is 0 Å². The number of hydrogen-bond donors (Lipinski definition) is 0. The number of esters is 2. The normalized spacial score (nSPS) is 9.12. The van der Waals surface area contributed by atoms with Crippen LogP contribution in [0.2, 0.25) is 0 Å². The van der Waals surface area contributed by atoms with E-state index in [1.807, 2.05) is 0 Å². The van der Waals surface area contributed by atoms with E-state index in [9.17, 15) is 9.59 Å². The van der Waals surface area contributed by atoms with E-state index in [1.54, 1.807) is 30.3 Å². The molecule has 0 bridgehead atoms. The minimum absolute atomic E-state index is 0.379. The number of aliphatic imine (C=N–C) groups is 1. The molecule has 0 spiro atoms. The fourth-order valence-electron chi connectivity index (χ4n) is 1.000. The fraction of sp³-hybridized carbons (Fsp3) is 0.182. The first-order valence-electron chi connectivity index (χ1n) is 4.49. The van der Waals surface area contributed by atoms with Crippen LogP contribution in [0, 0.1) is 0 Å². The Morgan fingerprint density at radius 3 is 1.94 bits per heavy atom. The molecule has 0 unspecified atom stereocenters. The Hall–Kier alpha value is -2.17. The third kappa shape index (κ3) is 2.91. The summed E-state index contributed by atoms with van der Waals surface area (Å²) in [4.78, 5) is 26.4. The zero-order chi connectivity index (χ0) is 12.0. The Bertz CT molecular complexity index is 393. The Labute approximate surface area is 92.7 Å². The van der Waals surface area contributed by atoms with Crippen LogP contribution in [-0.2, 0) is 19.1 Å². The first-order chi connectivity index (χ1) is 7.69. The minimum atomic E-state index is -0.823. The average molecular weight is 221 g/mol. The lowest BCUT2D eigenvalue weighted by atomic mass is 10.3. The molecule has 0 aromatic heterocycles. The molecule has 16 heavy (non-hydrogen) atoms. The van der Waals surface area contributed by atoms with Crippen molar-refractivity contribution in [3.05, 3.63) is 30.3 Å². The lowest BCUT2D eigenvalue weighted by Gasteiger charge is -2.02. The van der Waals surface area contributed by atoms with Crippen LogP contribution in [-0.4, -0.2) is 31.9 Å². The van der Waals surface area contributed by atoms with Crippen LogP contribution in [0.4, 0.5) is 5.69 Å². The van der Waals surface area contributed by atoms with Gasteiger partial charge in [-0.1, -0.05) is 18.2 Å². The highest BCUT2D eigenvalue weighted by atomic mass is 16.5. The second kappa shape index (κ2) is 5.65. The van der Waals surface area contributed by atoms with Crippen LogP contribution in [0.5, 0.6) is 0 Å². The van der Waals surface area contributed by atoms with Gasteiger partial charge in [0.1, 0.15) is 0 Å². The summed E-state index contributed by atoms with van der Waals surface area (Å²) in [6.07, 6.45) is 0. The van der Waals surface area contributed by atoms with E-state index in [-0.39, 0.29) is 5.71 Å². The standard InChI is InChI=1S/C11H11NO4/c1-15-10(13)9(11(14)16-2)12-8-6-4-3-5-7-8/h3-7H,1-2H3. The number of nitrogens with zero attached hydrogens (tertiary/aromatic N) is 1. The predicted octanol–water partition coefficient (Wildman–Crippen LogP) is 1.11. The van der Waals surface area contributed by atoms with Gasteiger partial charge in [0.05, 0.1) is 19.9 Å². The lowest BCUT2D eigenvalue weighted by molar-refractivity contribution is -0.138. The lowest BCUT2D eigenvalue weighted by Crippen LogP contribution is -2.26. The third-order valence-electron chi connectivity index (χ3n) is 1.75. The van der Waals surface area contributed by atoms with Crippen molar-refractivity contribution in [2.45, 2.75) is 0 Å². The summed E-state index contributed by atoms with van der Waals surface area (Å²) >= 11 is 0. The van der Waals surface area contributed by atoms with Crippen molar-refractivity contribution in [3.8, 4) is 0 Å². The van der Waals surface area contributed by atoms with Gasteiger partial charge in [0.25, 0.3) is 0 Å². The summed E-state index contributed by atoms with van der Waals surface area (Å²) < 4.78 is 8.87. The van der Waals surface area contributed by atoms with Crippen molar-refractivity contribution < 1.29 is 19.1 Å². The van der Waals surface area contributed by atoms with Crippen LogP contribution >= 0.6 is 0 Å². The highest BCUT2D eigenvalue weighted by molar-refractivity contribution is 6.62. The third-order valence-corrected chi connectivity index (χ3v) is 1.75. The quantitative estimate of drug-likeness (QED) is 0.435. The highest BCUT2D eigenvalue weighted by Crippen LogP contribution is 2.10. The van der Waals surface area contributed by atoms with E-state index < -0.39 is 11.9 Å². The first kappa shape index (κ1) is 11.9. The van der Waals surface area contributed by atoms with Gasteiger partial charge in [-0.2, -0.15) is 0 Å². The van der Waals surface area contributed by atoms with Gasteiger partial charge in [0.2, 0.25) is 5.71 Å². The topological polar surface area (TPSA) is 65.0 Å². The van der Waals surface area contributed by atoms with E-state index in [1.165, 1.54) is 14.2 Å². The van der Waals surface area contributed by atoms with Crippen molar-refractivity contribution in [2.75, 3.05) is 14.2 Å². The van der Waals surface area contributed by atoms with Crippen LogP contribution in [0.25, 0.3) is 0 Å². The van der Waals surface area contributed by atoms with Gasteiger partial charge in [-0.25, -0.2) is 14.6 Å². The van der Waals surface area contributed by atoms with Gasteiger partial charge in [-0.05, 0) is 12.1 Å². The van der Waals surface area contributed by atoms with Crippen molar-refractivity contribution in [2.24, 2.45) is 4.99 Å².